The van der Waals surface area contributed by atoms with E-state index in [1.807, 2.05) is 13.0 Å². The van der Waals surface area contributed by atoms with Crippen LogP contribution in [0.2, 0.25) is 0 Å². The average molecular weight is 234 g/mol. The molecule has 3 N–H and O–H groups in total. The Morgan fingerprint density at radius 1 is 1.35 bits per heavy atom. The zero-order valence-corrected chi connectivity index (χ0v) is 10.6. The van der Waals surface area contributed by atoms with Crippen LogP contribution in [0.15, 0.2) is 30.3 Å². The third-order valence-electron chi connectivity index (χ3n) is 3.09. The van der Waals surface area contributed by atoms with E-state index in [1.165, 1.54) is 5.56 Å². The molecule has 1 aromatic rings. The van der Waals surface area contributed by atoms with Crippen LogP contribution in [0.3, 0.4) is 0 Å². The van der Waals surface area contributed by atoms with Gasteiger partial charge in [-0.1, -0.05) is 44.2 Å². The van der Waals surface area contributed by atoms with Crippen molar-refractivity contribution in [1.29, 1.82) is 0 Å². The largest absolute Gasteiger partial charge is 0.368 e. The van der Waals surface area contributed by atoms with Crippen molar-refractivity contribution in [3.63, 3.8) is 0 Å². The van der Waals surface area contributed by atoms with Gasteiger partial charge in [-0.15, -0.1) is 0 Å². The number of primary amides is 1. The fourth-order valence-electron chi connectivity index (χ4n) is 1.87. The van der Waals surface area contributed by atoms with Crippen LogP contribution in [0.5, 0.6) is 0 Å². The van der Waals surface area contributed by atoms with Gasteiger partial charge in [0.2, 0.25) is 5.91 Å². The summed E-state index contributed by atoms with van der Waals surface area (Å²) in [6.45, 7) is 4.97. The molecule has 1 amide bonds. The molecule has 1 rings (SSSR count). The molecule has 1 aromatic carbocycles. The van der Waals surface area contributed by atoms with E-state index in [9.17, 15) is 4.79 Å². The van der Waals surface area contributed by atoms with Crippen LogP contribution in [-0.4, -0.2) is 18.5 Å². The maximum atomic E-state index is 11.0. The van der Waals surface area contributed by atoms with Gasteiger partial charge in [0, 0.05) is 0 Å². The van der Waals surface area contributed by atoms with Crippen LogP contribution in [0.1, 0.15) is 38.2 Å². The lowest BCUT2D eigenvalue weighted by Gasteiger charge is -2.16. The topological polar surface area (TPSA) is 55.1 Å². The molecule has 3 heteroatoms. The number of nitrogens with two attached hydrogens (primary N) is 1. The molecule has 2 atom stereocenters. The lowest BCUT2D eigenvalue weighted by molar-refractivity contribution is -0.120. The number of nitrogens with one attached hydrogen (secondary N) is 1. The highest BCUT2D eigenvalue weighted by Crippen LogP contribution is 2.17. The number of benzene rings is 1. The standard InChI is InChI=1S/C14H22N2O/c1-3-13(14(15)17)16-10-9-11(2)12-7-5-4-6-8-12/h4-8,11,13,16H,3,9-10H2,1-2H3,(H2,15,17). The molecule has 0 bridgehead atoms. The molecule has 94 valence electrons. The fraction of sp³-hybridized carbons (Fsp3) is 0.500. The lowest BCUT2D eigenvalue weighted by atomic mass is 9.98. The molecule has 0 aliphatic rings. The van der Waals surface area contributed by atoms with E-state index in [-0.39, 0.29) is 11.9 Å². The van der Waals surface area contributed by atoms with E-state index in [0.29, 0.717) is 5.92 Å². The first-order valence-electron chi connectivity index (χ1n) is 6.22. The Balaban J connectivity index is 2.34. The highest BCUT2D eigenvalue weighted by molar-refractivity contribution is 5.79. The normalized spacial score (nSPS) is 14.2. The Morgan fingerprint density at radius 2 is 2.00 bits per heavy atom. The van der Waals surface area contributed by atoms with Gasteiger partial charge in [0.15, 0.2) is 0 Å². The summed E-state index contributed by atoms with van der Waals surface area (Å²) in [5, 5.41) is 3.19. The van der Waals surface area contributed by atoms with Gasteiger partial charge < -0.3 is 11.1 Å². The summed E-state index contributed by atoms with van der Waals surface area (Å²) in [6.07, 6.45) is 1.75. The molecule has 0 aliphatic heterocycles. The SMILES string of the molecule is CCC(NCCC(C)c1ccccc1)C(N)=O. The average Bonchev–Trinajstić information content (AvgIpc) is 2.35. The summed E-state index contributed by atoms with van der Waals surface area (Å²) in [7, 11) is 0. The predicted octanol–water partition coefficient (Wildman–Crippen LogP) is 2.03. The van der Waals surface area contributed by atoms with Crippen molar-refractivity contribution in [2.75, 3.05) is 6.54 Å². The molecule has 0 fully saturated rings. The van der Waals surface area contributed by atoms with Gasteiger partial charge in [-0.3, -0.25) is 4.79 Å². The Kier molecular flexibility index (Phi) is 5.70. The Labute approximate surface area is 103 Å². The molecule has 3 nitrogen and oxygen atoms in total. The number of hydrogen-bond acceptors (Lipinski definition) is 2. The maximum Gasteiger partial charge on any atom is 0.234 e. The first-order chi connectivity index (χ1) is 8.15. The second-order valence-electron chi connectivity index (χ2n) is 4.42. The first kappa shape index (κ1) is 13.7. The zero-order chi connectivity index (χ0) is 12.7. The third kappa shape index (κ3) is 4.57. The van der Waals surface area contributed by atoms with Gasteiger partial charge in [-0.25, -0.2) is 0 Å². The molecule has 0 heterocycles. The minimum Gasteiger partial charge on any atom is -0.368 e. The molecular formula is C14H22N2O. The third-order valence-corrected chi connectivity index (χ3v) is 3.09. The first-order valence-corrected chi connectivity index (χ1v) is 6.22. The Hall–Kier alpha value is -1.35. The van der Waals surface area contributed by atoms with Crippen molar-refractivity contribution < 1.29 is 4.79 Å². The lowest BCUT2D eigenvalue weighted by Crippen LogP contribution is -2.41. The van der Waals surface area contributed by atoms with Crippen molar-refractivity contribution in [3.8, 4) is 0 Å². The summed E-state index contributed by atoms with van der Waals surface area (Å²) in [4.78, 5) is 11.0. The highest BCUT2D eigenvalue weighted by atomic mass is 16.1. The number of carbonyl (C=O) groups excluding carboxylic acids is 1. The number of rotatable bonds is 7. The van der Waals surface area contributed by atoms with Crippen molar-refractivity contribution >= 4 is 5.91 Å². The molecule has 2 unspecified atom stereocenters. The highest BCUT2D eigenvalue weighted by Gasteiger charge is 2.12. The van der Waals surface area contributed by atoms with E-state index in [4.69, 9.17) is 5.73 Å². The molecule has 0 aromatic heterocycles. The summed E-state index contributed by atoms with van der Waals surface area (Å²) in [5.74, 6) is 0.231. The van der Waals surface area contributed by atoms with E-state index in [0.717, 1.165) is 19.4 Å². The van der Waals surface area contributed by atoms with Gasteiger partial charge in [-0.2, -0.15) is 0 Å². The van der Waals surface area contributed by atoms with Crippen LogP contribution < -0.4 is 11.1 Å². The van der Waals surface area contributed by atoms with Crippen molar-refractivity contribution in [3.05, 3.63) is 35.9 Å². The quantitative estimate of drug-likeness (QED) is 0.758. The maximum absolute atomic E-state index is 11.0. The van der Waals surface area contributed by atoms with Crippen molar-refractivity contribution in [2.24, 2.45) is 5.73 Å². The molecule has 17 heavy (non-hydrogen) atoms. The number of hydrogen-bond donors (Lipinski definition) is 2. The number of carbonyl (C=O) groups is 1. The van der Waals surface area contributed by atoms with Gasteiger partial charge >= 0.3 is 0 Å². The minimum absolute atomic E-state index is 0.196. The predicted molar refractivity (Wildman–Crippen MR) is 70.8 cm³/mol. The molecule has 0 spiro atoms. The fourth-order valence-corrected chi connectivity index (χ4v) is 1.87. The molecular weight excluding hydrogens is 212 g/mol. The monoisotopic (exact) mass is 234 g/mol. The van der Waals surface area contributed by atoms with Gasteiger partial charge in [0.25, 0.3) is 0 Å². The van der Waals surface area contributed by atoms with Crippen LogP contribution in [0.25, 0.3) is 0 Å². The Morgan fingerprint density at radius 3 is 2.53 bits per heavy atom. The Bertz CT molecular complexity index is 337. The van der Waals surface area contributed by atoms with Crippen LogP contribution in [0, 0.1) is 0 Å². The second-order valence-corrected chi connectivity index (χ2v) is 4.42. The molecule has 0 saturated heterocycles. The minimum atomic E-state index is -0.264. The summed E-state index contributed by atoms with van der Waals surface area (Å²) in [5.41, 5.74) is 6.61. The summed E-state index contributed by atoms with van der Waals surface area (Å²) >= 11 is 0. The van der Waals surface area contributed by atoms with Gasteiger partial charge in [0.1, 0.15) is 0 Å². The van der Waals surface area contributed by atoms with Crippen LogP contribution in [-0.2, 0) is 4.79 Å². The summed E-state index contributed by atoms with van der Waals surface area (Å²) in [6, 6.07) is 10.2. The van der Waals surface area contributed by atoms with E-state index < -0.39 is 0 Å². The van der Waals surface area contributed by atoms with Crippen molar-refractivity contribution in [1.82, 2.24) is 5.32 Å². The van der Waals surface area contributed by atoms with E-state index in [1.54, 1.807) is 0 Å². The molecule has 0 saturated carbocycles. The zero-order valence-electron chi connectivity index (χ0n) is 10.6. The second kappa shape index (κ2) is 7.07. The smallest absolute Gasteiger partial charge is 0.234 e. The van der Waals surface area contributed by atoms with Crippen molar-refractivity contribution in [2.45, 2.75) is 38.6 Å². The summed E-state index contributed by atoms with van der Waals surface area (Å²) < 4.78 is 0. The number of amides is 1. The molecule has 0 radical (unpaired) electrons. The van der Waals surface area contributed by atoms with Gasteiger partial charge in [0.05, 0.1) is 6.04 Å². The molecule has 0 aliphatic carbocycles. The van der Waals surface area contributed by atoms with E-state index in [2.05, 4.69) is 36.5 Å². The van der Waals surface area contributed by atoms with Crippen LogP contribution >= 0.6 is 0 Å². The van der Waals surface area contributed by atoms with Crippen LogP contribution in [0.4, 0.5) is 0 Å². The van der Waals surface area contributed by atoms with Gasteiger partial charge in [-0.05, 0) is 30.9 Å². The van der Waals surface area contributed by atoms with E-state index >= 15 is 0 Å².